The van der Waals surface area contributed by atoms with Gasteiger partial charge in [-0.1, -0.05) is 20.8 Å². The first-order valence-electron chi connectivity index (χ1n) is 5.95. The van der Waals surface area contributed by atoms with Crippen LogP contribution in [0, 0.1) is 5.41 Å². The van der Waals surface area contributed by atoms with Crippen LogP contribution < -0.4 is 5.32 Å². The standard InChI is InChI=1S/C12H25NO2/c1-5-13-11-10(15-9-8-14-4)6-7-12(11,2)3/h10-11,13H,5-9H2,1-4H3. The van der Waals surface area contributed by atoms with E-state index in [9.17, 15) is 0 Å². The minimum Gasteiger partial charge on any atom is -0.382 e. The first-order chi connectivity index (χ1) is 7.11. The van der Waals surface area contributed by atoms with Crippen molar-refractivity contribution >= 4 is 0 Å². The second-order valence-electron chi connectivity index (χ2n) is 4.96. The van der Waals surface area contributed by atoms with Crippen molar-refractivity contribution < 1.29 is 9.47 Å². The van der Waals surface area contributed by atoms with Crippen LogP contribution in [-0.2, 0) is 9.47 Å². The number of nitrogens with one attached hydrogen (secondary N) is 1. The summed E-state index contributed by atoms with van der Waals surface area (Å²) in [5.74, 6) is 0. The van der Waals surface area contributed by atoms with E-state index in [1.807, 2.05) is 0 Å². The fourth-order valence-electron chi connectivity index (χ4n) is 2.43. The van der Waals surface area contributed by atoms with E-state index < -0.39 is 0 Å². The highest BCUT2D eigenvalue weighted by Gasteiger charge is 2.41. The van der Waals surface area contributed by atoms with Crippen LogP contribution in [0.5, 0.6) is 0 Å². The van der Waals surface area contributed by atoms with E-state index in [1.165, 1.54) is 6.42 Å². The van der Waals surface area contributed by atoms with Gasteiger partial charge in [-0.2, -0.15) is 0 Å². The lowest BCUT2D eigenvalue weighted by atomic mass is 9.87. The summed E-state index contributed by atoms with van der Waals surface area (Å²) in [6.07, 6.45) is 2.76. The molecule has 0 heterocycles. The average molecular weight is 215 g/mol. The molecule has 0 radical (unpaired) electrons. The molecule has 15 heavy (non-hydrogen) atoms. The molecule has 1 rings (SSSR count). The Balaban J connectivity index is 2.42. The van der Waals surface area contributed by atoms with Gasteiger partial charge in [0.15, 0.2) is 0 Å². The minimum atomic E-state index is 0.355. The summed E-state index contributed by atoms with van der Waals surface area (Å²) in [4.78, 5) is 0. The monoisotopic (exact) mass is 215 g/mol. The van der Waals surface area contributed by atoms with Crippen molar-refractivity contribution in [3.8, 4) is 0 Å². The SMILES string of the molecule is CCNC1C(OCCOC)CCC1(C)C. The minimum absolute atomic E-state index is 0.355. The van der Waals surface area contributed by atoms with Gasteiger partial charge in [-0.25, -0.2) is 0 Å². The van der Waals surface area contributed by atoms with Crippen LogP contribution in [0.3, 0.4) is 0 Å². The summed E-state index contributed by atoms with van der Waals surface area (Å²) in [7, 11) is 1.71. The number of methoxy groups -OCH3 is 1. The van der Waals surface area contributed by atoms with Gasteiger partial charge in [0.05, 0.1) is 19.3 Å². The molecule has 1 fully saturated rings. The van der Waals surface area contributed by atoms with Crippen LogP contribution >= 0.6 is 0 Å². The van der Waals surface area contributed by atoms with Gasteiger partial charge in [-0.05, 0) is 24.8 Å². The number of rotatable bonds is 6. The molecule has 1 aliphatic carbocycles. The lowest BCUT2D eigenvalue weighted by Gasteiger charge is -2.31. The smallest absolute Gasteiger partial charge is 0.0734 e. The van der Waals surface area contributed by atoms with Crippen LogP contribution in [0.25, 0.3) is 0 Å². The number of hydrogen-bond acceptors (Lipinski definition) is 3. The normalized spacial score (nSPS) is 29.6. The van der Waals surface area contributed by atoms with Crippen molar-refractivity contribution in [3.63, 3.8) is 0 Å². The van der Waals surface area contributed by atoms with E-state index in [0.717, 1.165) is 13.0 Å². The largest absolute Gasteiger partial charge is 0.382 e. The lowest BCUT2D eigenvalue weighted by molar-refractivity contribution is -0.000431. The third kappa shape index (κ3) is 3.44. The van der Waals surface area contributed by atoms with Crippen molar-refractivity contribution in [2.24, 2.45) is 5.41 Å². The number of hydrogen-bond donors (Lipinski definition) is 1. The molecule has 0 bridgehead atoms. The zero-order valence-electron chi connectivity index (χ0n) is 10.5. The molecule has 3 heteroatoms. The molecule has 0 saturated heterocycles. The number of ether oxygens (including phenoxy) is 2. The Morgan fingerprint density at radius 3 is 2.67 bits per heavy atom. The van der Waals surface area contributed by atoms with Gasteiger partial charge in [0.2, 0.25) is 0 Å². The van der Waals surface area contributed by atoms with Crippen LogP contribution in [0.1, 0.15) is 33.6 Å². The van der Waals surface area contributed by atoms with Crippen molar-refractivity contribution in [2.45, 2.75) is 45.8 Å². The summed E-state index contributed by atoms with van der Waals surface area (Å²) in [5, 5.41) is 3.55. The molecule has 1 N–H and O–H groups in total. The highest BCUT2D eigenvalue weighted by molar-refractivity contribution is 4.97. The Labute approximate surface area is 93.5 Å². The van der Waals surface area contributed by atoms with Gasteiger partial charge in [0.25, 0.3) is 0 Å². The highest BCUT2D eigenvalue weighted by atomic mass is 16.5. The Kier molecular flexibility index (Phi) is 5.03. The molecular weight excluding hydrogens is 190 g/mol. The molecule has 90 valence electrons. The summed E-state index contributed by atoms with van der Waals surface area (Å²) in [5.41, 5.74) is 0.355. The van der Waals surface area contributed by atoms with E-state index in [1.54, 1.807) is 7.11 Å². The molecule has 0 spiro atoms. The van der Waals surface area contributed by atoms with Gasteiger partial charge < -0.3 is 14.8 Å². The van der Waals surface area contributed by atoms with Crippen molar-refractivity contribution in [1.82, 2.24) is 5.32 Å². The molecule has 0 aromatic rings. The fourth-order valence-corrected chi connectivity index (χ4v) is 2.43. The summed E-state index contributed by atoms with van der Waals surface area (Å²) >= 11 is 0. The van der Waals surface area contributed by atoms with Gasteiger partial charge in [-0.15, -0.1) is 0 Å². The van der Waals surface area contributed by atoms with Gasteiger partial charge in [0.1, 0.15) is 0 Å². The maximum absolute atomic E-state index is 5.86. The van der Waals surface area contributed by atoms with E-state index in [0.29, 0.717) is 30.8 Å². The average Bonchev–Trinajstić information content (AvgIpc) is 2.46. The van der Waals surface area contributed by atoms with Crippen LogP contribution in [0.4, 0.5) is 0 Å². The quantitative estimate of drug-likeness (QED) is 0.686. The molecular formula is C12H25NO2. The highest BCUT2D eigenvalue weighted by Crippen LogP contribution is 2.38. The fraction of sp³-hybridized carbons (Fsp3) is 1.00. The van der Waals surface area contributed by atoms with E-state index in [4.69, 9.17) is 9.47 Å². The molecule has 0 aliphatic heterocycles. The summed E-state index contributed by atoms with van der Waals surface area (Å²) in [6, 6.07) is 0.486. The Bertz CT molecular complexity index is 182. The maximum Gasteiger partial charge on any atom is 0.0734 e. The maximum atomic E-state index is 5.86. The van der Waals surface area contributed by atoms with Gasteiger partial charge >= 0.3 is 0 Å². The molecule has 0 aromatic carbocycles. The first-order valence-corrected chi connectivity index (χ1v) is 5.95. The van der Waals surface area contributed by atoms with Crippen molar-refractivity contribution in [1.29, 1.82) is 0 Å². The zero-order valence-corrected chi connectivity index (χ0v) is 10.5. The van der Waals surface area contributed by atoms with Crippen molar-refractivity contribution in [3.05, 3.63) is 0 Å². The summed E-state index contributed by atoms with van der Waals surface area (Å²) in [6.45, 7) is 9.20. The second kappa shape index (κ2) is 5.83. The molecule has 0 aromatic heterocycles. The molecule has 0 amide bonds. The van der Waals surface area contributed by atoms with Gasteiger partial charge in [-0.3, -0.25) is 0 Å². The summed E-state index contributed by atoms with van der Waals surface area (Å²) < 4.78 is 10.9. The van der Waals surface area contributed by atoms with E-state index >= 15 is 0 Å². The van der Waals surface area contributed by atoms with Crippen molar-refractivity contribution in [2.75, 3.05) is 26.9 Å². The molecule has 1 saturated carbocycles. The zero-order chi connectivity index (χ0) is 11.3. The molecule has 2 unspecified atom stereocenters. The Morgan fingerprint density at radius 1 is 1.33 bits per heavy atom. The van der Waals surface area contributed by atoms with E-state index in [-0.39, 0.29) is 0 Å². The third-order valence-corrected chi connectivity index (χ3v) is 3.33. The third-order valence-electron chi connectivity index (χ3n) is 3.33. The van der Waals surface area contributed by atoms with E-state index in [2.05, 4.69) is 26.1 Å². The molecule has 1 aliphatic rings. The Morgan fingerprint density at radius 2 is 2.07 bits per heavy atom. The first kappa shape index (κ1) is 12.9. The van der Waals surface area contributed by atoms with Crippen LogP contribution in [-0.4, -0.2) is 39.0 Å². The number of likely N-dealkylation sites (N-methyl/N-ethyl adjacent to an activating group) is 1. The van der Waals surface area contributed by atoms with Gasteiger partial charge in [0, 0.05) is 13.2 Å². The second-order valence-corrected chi connectivity index (χ2v) is 4.96. The topological polar surface area (TPSA) is 30.5 Å². The Hall–Kier alpha value is -0.120. The lowest BCUT2D eigenvalue weighted by Crippen LogP contribution is -2.45. The predicted molar refractivity (Wildman–Crippen MR) is 62.1 cm³/mol. The predicted octanol–water partition coefficient (Wildman–Crippen LogP) is 1.82. The van der Waals surface area contributed by atoms with Crippen LogP contribution in [0.15, 0.2) is 0 Å². The molecule has 3 nitrogen and oxygen atoms in total. The van der Waals surface area contributed by atoms with Crippen LogP contribution in [0.2, 0.25) is 0 Å². The molecule has 2 atom stereocenters.